The van der Waals surface area contributed by atoms with Crippen LogP contribution < -0.4 is 14.7 Å². The summed E-state index contributed by atoms with van der Waals surface area (Å²) in [5, 5.41) is 25.7. The summed E-state index contributed by atoms with van der Waals surface area (Å²) >= 11 is 0. The van der Waals surface area contributed by atoms with Gasteiger partial charge in [0.1, 0.15) is 11.6 Å². The fourth-order valence-electron chi connectivity index (χ4n) is 2.38. The lowest BCUT2D eigenvalue weighted by Crippen LogP contribution is -2.31. The number of hydrogen-bond acceptors (Lipinski definition) is 6. The Kier molecular flexibility index (Phi) is 2.97. The van der Waals surface area contributed by atoms with Crippen LogP contribution in [0.2, 0.25) is 0 Å². The minimum Gasteiger partial charge on any atom is -0.539 e. The Morgan fingerprint density at radius 1 is 1.35 bits per heavy atom. The van der Waals surface area contributed by atoms with Crippen molar-refractivity contribution in [1.82, 2.24) is 5.27 Å². The molecule has 3 rings (SSSR count). The van der Waals surface area contributed by atoms with Gasteiger partial charge in [-0.15, -0.1) is 0 Å². The van der Waals surface area contributed by atoms with Crippen LogP contribution in [0.1, 0.15) is 12.8 Å². The number of nitro groups is 1. The Morgan fingerprint density at radius 3 is 2.70 bits per heavy atom. The molecule has 0 unspecified atom stereocenters. The maximum Gasteiger partial charge on any atom is 0.299 e. The van der Waals surface area contributed by atoms with Crippen molar-refractivity contribution in [3.05, 3.63) is 34.5 Å². The zero-order valence-corrected chi connectivity index (χ0v) is 10.6. The molecule has 104 valence electrons. The van der Waals surface area contributed by atoms with Crippen LogP contribution in [0.15, 0.2) is 28.9 Å². The van der Waals surface area contributed by atoms with E-state index in [0.29, 0.717) is 11.4 Å². The number of benzene rings is 1. The van der Waals surface area contributed by atoms with Crippen LogP contribution in [-0.2, 0) is 0 Å². The van der Waals surface area contributed by atoms with Crippen LogP contribution in [0, 0.1) is 10.1 Å². The Labute approximate surface area is 114 Å². The summed E-state index contributed by atoms with van der Waals surface area (Å²) in [6, 6.07) is 4.77. The molecular weight excluding hydrogens is 264 g/mol. The Balaban J connectivity index is 2.03. The molecule has 1 aliphatic heterocycles. The summed E-state index contributed by atoms with van der Waals surface area (Å²) in [5.74, 6) is -0.601. The standard InChI is InChI=1S/C12H12N4O4/c17-12-8-15(13-20-12)9-3-4-10(11(7-9)16(18)19)14-5-1-2-6-14/h3-4,7-8H,1-2,5-6H2. The summed E-state index contributed by atoms with van der Waals surface area (Å²) < 4.78 is 5.61. The molecule has 0 N–H and O–H groups in total. The van der Waals surface area contributed by atoms with Crippen molar-refractivity contribution in [1.29, 1.82) is 0 Å². The van der Waals surface area contributed by atoms with Crippen molar-refractivity contribution in [2.45, 2.75) is 12.8 Å². The predicted octanol–water partition coefficient (Wildman–Crippen LogP) is 0.533. The molecular formula is C12H12N4O4. The number of nitro benzene ring substituents is 1. The highest BCUT2D eigenvalue weighted by atomic mass is 16.6. The molecule has 1 aromatic heterocycles. The number of anilines is 1. The van der Waals surface area contributed by atoms with Gasteiger partial charge in [0.2, 0.25) is 11.9 Å². The molecule has 0 bridgehead atoms. The summed E-state index contributed by atoms with van der Waals surface area (Å²) in [6.45, 7) is 1.64. The van der Waals surface area contributed by atoms with Gasteiger partial charge in [-0.05, 0) is 23.6 Å². The first kappa shape index (κ1) is 12.4. The van der Waals surface area contributed by atoms with E-state index < -0.39 is 10.9 Å². The quantitative estimate of drug-likeness (QED) is 0.460. The van der Waals surface area contributed by atoms with Crippen molar-refractivity contribution >= 4 is 11.4 Å². The smallest absolute Gasteiger partial charge is 0.299 e. The molecule has 0 atom stereocenters. The van der Waals surface area contributed by atoms with Gasteiger partial charge in [0, 0.05) is 19.2 Å². The van der Waals surface area contributed by atoms with Gasteiger partial charge in [0.05, 0.1) is 16.3 Å². The van der Waals surface area contributed by atoms with E-state index in [2.05, 4.69) is 9.79 Å². The average molecular weight is 276 g/mol. The van der Waals surface area contributed by atoms with E-state index in [1.807, 2.05) is 4.90 Å². The van der Waals surface area contributed by atoms with E-state index in [0.717, 1.165) is 32.1 Å². The number of nitrogens with zero attached hydrogens (tertiary/aromatic N) is 4. The van der Waals surface area contributed by atoms with E-state index in [4.69, 9.17) is 0 Å². The number of aromatic nitrogens is 2. The van der Waals surface area contributed by atoms with E-state index in [1.54, 1.807) is 12.1 Å². The lowest BCUT2D eigenvalue weighted by Gasteiger charge is -2.16. The average Bonchev–Trinajstić information content (AvgIpc) is 3.09. The number of rotatable bonds is 3. The zero-order chi connectivity index (χ0) is 14.1. The fraction of sp³-hybridized carbons (Fsp3) is 0.333. The second-order valence-corrected chi connectivity index (χ2v) is 4.59. The molecule has 8 heteroatoms. The van der Waals surface area contributed by atoms with Crippen LogP contribution in [0.4, 0.5) is 11.4 Å². The molecule has 0 amide bonds. The van der Waals surface area contributed by atoms with Crippen molar-refractivity contribution in [3.8, 4) is 11.6 Å². The van der Waals surface area contributed by atoms with Crippen LogP contribution >= 0.6 is 0 Å². The molecule has 0 radical (unpaired) electrons. The Bertz CT molecular complexity index is 649. The largest absolute Gasteiger partial charge is 0.539 e. The van der Waals surface area contributed by atoms with Gasteiger partial charge in [0.25, 0.3) is 5.69 Å². The minimum absolute atomic E-state index is 0.00680. The van der Waals surface area contributed by atoms with Gasteiger partial charge in [-0.1, -0.05) is 0 Å². The molecule has 8 nitrogen and oxygen atoms in total. The van der Waals surface area contributed by atoms with E-state index >= 15 is 0 Å². The number of hydrogen-bond donors (Lipinski definition) is 0. The van der Waals surface area contributed by atoms with E-state index in [-0.39, 0.29) is 5.69 Å². The van der Waals surface area contributed by atoms with Crippen molar-refractivity contribution in [3.63, 3.8) is 0 Å². The minimum atomic E-state index is -0.601. The molecule has 1 fully saturated rings. The molecule has 2 aromatic rings. The van der Waals surface area contributed by atoms with Gasteiger partial charge in [-0.25, -0.2) is 0 Å². The Morgan fingerprint density at radius 2 is 2.10 bits per heavy atom. The molecule has 20 heavy (non-hydrogen) atoms. The van der Waals surface area contributed by atoms with Gasteiger partial charge >= 0.3 is 0 Å². The first-order valence-corrected chi connectivity index (χ1v) is 6.24. The van der Waals surface area contributed by atoms with Crippen LogP contribution in [0.5, 0.6) is 5.95 Å². The van der Waals surface area contributed by atoms with Crippen LogP contribution in [-0.4, -0.2) is 23.3 Å². The lowest BCUT2D eigenvalue weighted by molar-refractivity contribution is -0.670. The molecule has 2 heterocycles. The molecule has 0 aliphatic carbocycles. The third-order valence-electron chi connectivity index (χ3n) is 3.31. The third kappa shape index (κ3) is 2.15. The van der Waals surface area contributed by atoms with Crippen LogP contribution in [0.3, 0.4) is 0 Å². The van der Waals surface area contributed by atoms with Gasteiger partial charge in [-0.2, -0.15) is 0 Å². The summed E-state index contributed by atoms with van der Waals surface area (Å²) in [4.78, 5) is 12.8. The van der Waals surface area contributed by atoms with Crippen molar-refractivity contribution < 1.29 is 19.2 Å². The maximum absolute atomic E-state index is 11.2. The normalized spacial score (nSPS) is 14.7. The third-order valence-corrected chi connectivity index (χ3v) is 3.31. The molecule has 0 saturated carbocycles. The summed E-state index contributed by atoms with van der Waals surface area (Å²) in [7, 11) is 0. The summed E-state index contributed by atoms with van der Waals surface area (Å²) in [6.07, 6.45) is 3.21. The summed E-state index contributed by atoms with van der Waals surface area (Å²) in [5.41, 5.74) is 1.03. The fourth-order valence-corrected chi connectivity index (χ4v) is 2.38. The monoisotopic (exact) mass is 276 g/mol. The Hall–Kier alpha value is -2.64. The van der Waals surface area contributed by atoms with Crippen molar-refractivity contribution in [2.75, 3.05) is 18.0 Å². The van der Waals surface area contributed by atoms with E-state index in [9.17, 15) is 15.2 Å². The van der Waals surface area contributed by atoms with Gasteiger partial charge in [-0.3, -0.25) is 10.1 Å². The second kappa shape index (κ2) is 4.80. The first-order valence-electron chi connectivity index (χ1n) is 6.24. The first-order chi connectivity index (χ1) is 9.65. The molecule has 1 saturated heterocycles. The highest BCUT2D eigenvalue weighted by molar-refractivity contribution is 5.65. The van der Waals surface area contributed by atoms with Gasteiger partial charge in [0.15, 0.2) is 0 Å². The molecule has 1 aromatic carbocycles. The molecule has 1 aliphatic rings. The molecule has 0 spiro atoms. The van der Waals surface area contributed by atoms with E-state index in [1.165, 1.54) is 10.7 Å². The zero-order valence-electron chi connectivity index (χ0n) is 10.6. The van der Waals surface area contributed by atoms with Gasteiger partial charge < -0.3 is 14.5 Å². The highest BCUT2D eigenvalue weighted by Gasteiger charge is 2.25. The highest BCUT2D eigenvalue weighted by Crippen LogP contribution is 2.31. The second-order valence-electron chi connectivity index (χ2n) is 4.59. The van der Waals surface area contributed by atoms with Crippen LogP contribution in [0.25, 0.3) is 5.69 Å². The van der Waals surface area contributed by atoms with Crippen molar-refractivity contribution in [2.24, 2.45) is 0 Å². The topological polar surface area (TPSA) is 99.3 Å². The SMILES string of the molecule is O=[N+]([O-])c1cc(-[n+]2cc([O-])on2)ccc1N1CCCC1. The predicted molar refractivity (Wildman–Crippen MR) is 65.6 cm³/mol. The lowest BCUT2D eigenvalue weighted by atomic mass is 10.2. The maximum atomic E-state index is 11.2.